The minimum atomic E-state index is -0.309. The molecule has 20 heavy (non-hydrogen) atoms. The molecule has 5 heteroatoms. The van der Waals surface area contributed by atoms with Crippen LogP contribution < -0.4 is 5.32 Å². The number of hydrogen-bond donors (Lipinski definition) is 1. The van der Waals surface area contributed by atoms with Gasteiger partial charge >= 0.3 is 5.97 Å². The van der Waals surface area contributed by atoms with Crippen LogP contribution in [-0.4, -0.2) is 47.6 Å². The van der Waals surface area contributed by atoms with Crippen molar-refractivity contribution >= 4 is 5.97 Å². The molecule has 0 unspecified atom stereocenters. The largest absolute Gasteiger partial charge is 0.457 e. The van der Waals surface area contributed by atoms with Crippen LogP contribution in [0.5, 0.6) is 0 Å². The van der Waals surface area contributed by atoms with Gasteiger partial charge in [0.1, 0.15) is 5.60 Å². The second-order valence-corrected chi connectivity index (χ2v) is 6.14. The van der Waals surface area contributed by atoms with Crippen LogP contribution in [0.3, 0.4) is 0 Å². The molecule has 108 valence electrons. The van der Waals surface area contributed by atoms with Crippen molar-refractivity contribution in [3.8, 4) is 0 Å². The van der Waals surface area contributed by atoms with Crippen molar-refractivity contribution in [1.29, 1.82) is 0 Å². The van der Waals surface area contributed by atoms with Gasteiger partial charge in [-0.3, -0.25) is 14.7 Å². The average Bonchev–Trinajstić information content (AvgIpc) is 2.26. The number of pyridine rings is 1. The summed E-state index contributed by atoms with van der Waals surface area (Å²) in [6, 6.07) is 4.29. The van der Waals surface area contributed by atoms with Crippen molar-refractivity contribution in [3.05, 3.63) is 29.6 Å². The van der Waals surface area contributed by atoms with Crippen molar-refractivity contribution in [3.63, 3.8) is 0 Å². The van der Waals surface area contributed by atoms with Crippen LogP contribution in [0.25, 0.3) is 0 Å². The molecule has 1 aromatic heterocycles. The summed E-state index contributed by atoms with van der Waals surface area (Å²) >= 11 is 0. The van der Waals surface area contributed by atoms with Crippen LogP contribution in [0.1, 0.15) is 31.0 Å². The Bertz CT molecular complexity index is 490. The van der Waals surface area contributed by atoms with E-state index in [0.29, 0.717) is 5.92 Å². The zero-order valence-electron chi connectivity index (χ0n) is 12.1. The summed E-state index contributed by atoms with van der Waals surface area (Å²) in [5, 5.41) is 3.26. The molecule has 0 atom stereocenters. The van der Waals surface area contributed by atoms with E-state index in [9.17, 15) is 4.79 Å². The molecular weight excluding hydrogens is 254 g/mol. The van der Waals surface area contributed by atoms with Crippen molar-refractivity contribution < 1.29 is 9.53 Å². The normalized spacial score (nSPS) is 21.9. The first-order chi connectivity index (χ1) is 9.54. The Morgan fingerprint density at radius 2 is 2.25 bits per heavy atom. The van der Waals surface area contributed by atoms with Gasteiger partial charge in [0.2, 0.25) is 0 Å². The lowest BCUT2D eigenvalue weighted by molar-refractivity contribution is -0.174. The Hall–Kier alpha value is -1.46. The van der Waals surface area contributed by atoms with E-state index in [-0.39, 0.29) is 11.6 Å². The molecule has 1 aromatic rings. The summed E-state index contributed by atoms with van der Waals surface area (Å²) in [5.74, 6) is 0.382. The molecule has 3 heterocycles. The second kappa shape index (κ2) is 5.14. The fraction of sp³-hybridized carbons (Fsp3) is 0.600. The average molecular weight is 275 g/mol. The number of carbonyl (C=O) groups excluding carboxylic acids is 1. The van der Waals surface area contributed by atoms with Crippen LogP contribution in [0, 0.1) is 0 Å². The number of nitrogens with zero attached hydrogens (tertiary/aromatic N) is 2. The lowest BCUT2D eigenvalue weighted by Gasteiger charge is -2.46. The number of carbonyl (C=O) groups is 1. The quantitative estimate of drug-likeness (QED) is 0.828. The number of aromatic nitrogens is 1. The van der Waals surface area contributed by atoms with Gasteiger partial charge in [-0.15, -0.1) is 0 Å². The summed E-state index contributed by atoms with van der Waals surface area (Å²) in [4.78, 5) is 17.8. The molecule has 0 aliphatic carbocycles. The zero-order chi connectivity index (χ0) is 14.2. The lowest BCUT2D eigenvalue weighted by atomic mass is 9.95. The zero-order valence-corrected chi connectivity index (χ0v) is 12.1. The fourth-order valence-electron chi connectivity index (χ4n) is 2.95. The summed E-state index contributed by atoms with van der Waals surface area (Å²) in [7, 11) is 0. The van der Waals surface area contributed by atoms with E-state index in [1.54, 1.807) is 0 Å². The first-order valence-corrected chi connectivity index (χ1v) is 7.12. The van der Waals surface area contributed by atoms with E-state index in [2.05, 4.69) is 27.3 Å². The molecule has 2 aliphatic rings. The molecule has 1 N–H and O–H groups in total. The molecule has 0 bridgehead atoms. The molecule has 3 rings (SSSR count). The molecular formula is C15H21N3O2. The number of nitrogens with one attached hydrogen (secondary N) is 1. The topological polar surface area (TPSA) is 54.5 Å². The first kappa shape index (κ1) is 13.5. The van der Waals surface area contributed by atoms with Gasteiger partial charge in [0.25, 0.3) is 0 Å². The Labute approximate surface area is 119 Å². The maximum Gasteiger partial charge on any atom is 0.303 e. The maximum absolute atomic E-state index is 11.0. The third-order valence-electron chi connectivity index (χ3n) is 3.96. The van der Waals surface area contributed by atoms with Gasteiger partial charge in [-0.05, 0) is 18.6 Å². The molecule has 0 radical (unpaired) electrons. The maximum atomic E-state index is 11.0. The van der Waals surface area contributed by atoms with Gasteiger partial charge in [-0.2, -0.15) is 0 Å². The van der Waals surface area contributed by atoms with E-state index in [1.165, 1.54) is 18.2 Å². The predicted octanol–water partition coefficient (Wildman–Crippen LogP) is 0.906. The number of rotatable bonds is 4. The van der Waals surface area contributed by atoms with Crippen molar-refractivity contribution in [1.82, 2.24) is 15.2 Å². The van der Waals surface area contributed by atoms with Crippen molar-refractivity contribution in [2.45, 2.75) is 31.9 Å². The van der Waals surface area contributed by atoms with Crippen molar-refractivity contribution in [2.24, 2.45) is 0 Å². The molecule has 0 amide bonds. The highest BCUT2D eigenvalue weighted by molar-refractivity contribution is 5.66. The van der Waals surface area contributed by atoms with Crippen LogP contribution >= 0.6 is 0 Å². The molecule has 0 spiro atoms. The standard InChI is InChI=1S/C15H21N3O2/c1-11(19)20-15(2)9-18(10-15)8-12-3-4-14(17-5-12)13-6-16-7-13/h3-5,13,16H,6-10H2,1-2H3. The molecule has 2 saturated heterocycles. The highest BCUT2D eigenvalue weighted by Crippen LogP contribution is 2.26. The van der Waals surface area contributed by atoms with Crippen molar-refractivity contribution in [2.75, 3.05) is 26.2 Å². The predicted molar refractivity (Wildman–Crippen MR) is 75.3 cm³/mol. The van der Waals surface area contributed by atoms with Gasteiger partial charge in [-0.1, -0.05) is 6.07 Å². The Kier molecular flexibility index (Phi) is 3.48. The van der Waals surface area contributed by atoms with Gasteiger partial charge in [0.05, 0.1) is 0 Å². The molecule has 0 aromatic carbocycles. The van der Waals surface area contributed by atoms with Crippen LogP contribution in [0.2, 0.25) is 0 Å². The van der Waals surface area contributed by atoms with Crippen LogP contribution in [-0.2, 0) is 16.1 Å². The van der Waals surface area contributed by atoms with E-state index in [1.807, 2.05) is 13.1 Å². The highest BCUT2D eigenvalue weighted by atomic mass is 16.6. The molecule has 0 saturated carbocycles. The SMILES string of the molecule is CC(=O)OC1(C)CN(Cc2ccc(C3CNC3)nc2)C1. The number of ether oxygens (including phenoxy) is 1. The smallest absolute Gasteiger partial charge is 0.303 e. The summed E-state index contributed by atoms with van der Waals surface area (Å²) in [5.41, 5.74) is 2.09. The van der Waals surface area contributed by atoms with Crippen LogP contribution in [0.4, 0.5) is 0 Å². The summed E-state index contributed by atoms with van der Waals surface area (Å²) < 4.78 is 5.31. The molecule has 5 nitrogen and oxygen atoms in total. The first-order valence-electron chi connectivity index (χ1n) is 7.12. The Balaban J connectivity index is 1.51. The van der Waals surface area contributed by atoms with E-state index < -0.39 is 0 Å². The van der Waals surface area contributed by atoms with Gasteiger partial charge in [0.15, 0.2) is 0 Å². The minimum absolute atomic E-state index is 0.202. The molecule has 2 aliphatic heterocycles. The Morgan fingerprint density at radius 3 is 2.75 bits per heavy atom. The fourth-order valence-corrected chi connectivity index (χ4v) is 2.95. The van der Waals surface area contributed by atoms with E-state index in [0.717, 1.165) is 32.7 Å². The lowest BCUT2D eigenvalue weighted by Crippen LogP contribution is -2.61. The Morgan fingerprint density at radius 1 is 1.50 bits per heavy atom. The van der Waals surface area contributed by atoms with Gasteiger partial charge in [0, 0.05) is 57.5 Å². The second-order valence-electron chi connectivity index (χ2n) is 6.14. The highest BCUT2D eigenvalue weighted by Gasteiger charge is 2.41. The molecule has 2 fully saturated rings. The summed E-state index contributed by atoms with van der Waals surface area (Å²) in [6.45, 7) is 7.98. The van der Waals surface area contributed by atoms with Gasteiger partial charge in [-0.25, -0.2) is 0 Å². The van der Waals surface area contributed by atoms with Crippen LogP contribution in [0.15, 0.2) is 18.3 Å². The number of likely N-dealkylation sites (tertiary alicyclic amines) is 1. The summed E-state index contributed by atoms with van der Waals surface area (Å²) in [6.07, 6.45) is 1.97. The third-order valence-corrected chi connectivity index (χ3v) is 3.96. The third kappa shape index (κ3) is 2.83. The minimum Gasteiger partial charge on any atom is -0.457 e. The van der Waals surface area contributed by atoms with E-state index >= 15 is 0 Å². The number of esters is 1. The number of hydrogen-bond acceptors (Lipinski definition) is 5. The monoisotopic (exact) mass is 275 g/mol. The van der Waals surface area contributed by atoms with E-state index in [4.69, 9.17) is 4.74 Å². The van der Waals surface area contributed by atoms with Gasteiger partial charge < -0.3 is 10.1 Å².